The minimum atomic E-state index is 0.627. The molecule has 1 atom stereocenters. The van der Waals surface area contributed by atoms with Crippen molar-refractivity contribution in [1.29, 1.82) is 0 Å². The number of benzene rings is 1. The average molecular weight is 316 g/mol. The quantitative estimate of drug-likeness (QED) is 0.731. The molecule has 0 radical (unpaired) electrons. The van der Waals surface area contributed by atoms with Crippen molar-refractivity contribution < 1.29 is 0 Å². The third kappa shape index (κ3) is 6.49. The Balaban J connectivity index is 2.35. The molecule has 0 aliphatic carbocycles. The van der Waals surface area contributed by atoms with E-state index in [0.29, 0.717) is 5.92 Å². The van der Waals surface area contributed by atoms with Gasteiger partial charge in [-0.15, -0.1) is 0 Å². The molecule has 0 amide bonds. The Morgan fingerprint density at radius 3 is 2.88 bits per heavy atom. The van der Waals surface area contributed by atoms with Gasteiger partial charge >= 0.3 is 0 Å². The molecule has 1 aromatic carbocycles. The first-order valence-corrected chi connectivity index (χ1v) is 8.23. The van der Waals surface area contributed by atoms with Gasteiger partial charge in [0, 0.05) is 4.47 Å². The molecule has 96 valence electrons. The summed E-state index contributed by atoms with van der Waals surface area (Å²) >= 11 is 5.53. The number of hydrogen-bond acceptors (Lipinski definition) is 2. The molecule has 0 aromatic heterocycles. The first kappa shape index (κ1) is 15.1. The van der Waals surface area contributed by atoms with E-state index in [2.05, 4.69) is 47.1 Å². The largest absolute Gasteiger partial charge is 0.330 e. The molecule has 1 nitrogen and oxygen atoms in total. The summed E-state index contributed by atoms with van der Waals surface area (Å²) in [6, 6.07) is 8.55. The molecule has 0 saturated heterocycles. The third-order valence-corrected chi connectivity index (χ3v) is 4.33. The van der Waals surface area contributed by atoms with Gasteiger partial charge in [-0.25, -0.2) is 0 Å². The number of rotatable bonds is 8. The van der Waals surface area contributed by atoms with Gasteiger partial charge in [0.25, 0.3) is 0 Å². The zero-order chi connectivity index (χ0) is 12.5. The molecule has 0 heterocycles. The van der Waals surface area contributed by atoms with Crippen molar-refractivity contribution in [2.45, 2.75) is 26.2 Å². The predicted molar refractivity (Wildman–Crippen MR) is 82.6 cm³/mol. The fourth-order valence-corrected chi connectivity index (χ4v) is 3.03. The Labute approximate surface area is 118 Å². The van der Waals surface area contributed by atoms with E-state index in [1.807, 2.05) is 11.8 Å². The van der Waals surface area contributed by atoms with Crippen molar-refractivity contribution in [2.24, 2.45) is 11.7 Å². The SMILES string of the molecule is CCSCCCC(CN)Cc1cccc(Br)c1. The van der Waals surface area contributed by atoms with Crippen molar-refractivity contribution >= 4 is 27.7 Å². The predicted octanol–water partition coefficient (Wildman–Crippen LogP) is 4.10. The highest BCUT2D eigenvalue weighted by Crippen LogP contribution is 2.18. The summed E-state index contributed by atoms with van der Waals surface area (Å²) in [7, 11) is 0. The summed E-state index contributed by atoms with van der Waals surface area (Å²) < 4.78 is 1.16. The minimum Gasteiger partial charge on any atom is -0.330 e. The van der Waals surface area contributed by atoms with Crippen molar-refractivity contribution in [3.63, 3.8) is 0 Å². The topological polar surface area (TPSA) is 26.0 Å². The lowest BCUT2D eigenvalue weighted by molar-refractivity contribution is 0.489. The maximum atomic E-state index is 5.85. The van der Waals surface area contributed by atoms with Gasteiger partial charge in [-0.05, 0) is 60.9 Å². The summed E-state index contributed by atoms with van der Waals surface area (Å²) in [6.07, 6.45) is 3.64. The molecule has 0 bridgehead atoms. The van der Waals surface area contributed by atoms with Crippen LogP contribution in [0.4, 0.5) is 0 Å². The van der Waals surface area contributed by atoms with E-state index < -0.39 is 0 Å². The maximum absolute atomic E-state index is 5.85. The molecular formula is C14H22BrNS. The van der Waals surface area contributed by atoms with Gasteiger partial charge in [0.1, 0.15) is 0 Å². The number of hydrogen-bond donors (Lipinski definition) is 1. The van der Waals surface area contributed by atoms with Crippen LogP contribution in [0.25, 0.3) is 0 Å². The minimum absolute atomic E-state index is 0.627. The van der Waals surface area contributed by atoms with Crippen LogP contribution in [0.2, 0.25) is 0 Å². The molecule has 0 fully saturated rings. The van der Waals surface area contributed by atoms with E-state index in [0.717, 1.165) is 17.4 Å². The fourth-order valence-electron chi connectivity index (χ4n) is 1.92. The average Bonchev–Trinajstić information content (AvgIpc) is 2.33. The smallest absolute Gasteiger partial charge is 0.0177 e. The Morgan fingerprint density at radius 2 is 2.24 bits per heavy atom. The highest BCUT2D eigenvalue weighted by Gasteiger charge is 2.07. The lowest BCUT2D eigenvalue weighted by atomic mass is 9.95. The second-order valence-corrected chi connectivity index (χ2v) is 6.58. The van der Waals surface area contributed by atoms with E-state index in [4.69, 9.17) is 5.73 Å². The Hall–Kier alpha value is 0.01000. The maximum Gasteiger partial charge on any atom is 0.0177 e. The van der Waals surface area contributed by atoms with E-state index >= 15 is 0 Å². The first-order chi connectivity index (χ1) is 8.26. The van der Waals surface area contributed by atoms with E-state index in [1.54, 1.807) is 0 Å². The molecule has 0 aliphatic heterocycles. The molecule has 0 saturated carbocycles. The number of nitrogens with two attached hydrogens (primary N) is 1. The van der Waals surface area contributed by atoms with Crippen LogP contribution in [0.5, 0.6) is 0 Å². The van der Waals surface area contributed by atoms with Gasteiger partial charge in [0.15, 0.2) is 0 Å². The summed E-state index contributed by atoms with van der Waals surface area (Å²) in [5.74, 6) is 3.12. The summed E-state index contributed by atoms with van der Waals surface area (Å²) in [6.45, 7) is 3.01. The van der Waals surface area contributed by atoms with Crippen molar-refractivity contribution in [3.05, 3.63) is 34.3 Å². The van der Waals surface area contributed by atoms with Gasteiger partial charge in [0.2, 0.25) is 0 Å². The Kier molecular flexibility index (Phi) is 7.99. The van der Waals surface area contributed by atoms with Gasteiger partial charge in [-0.2, -0.15) is 11.8 Å². The Bertz CT molecular complexity index is 317. The van der Waals surface area contributed by atoms with E-state index in [-0.39, 0.29) is 0 Å². The number of thioether (sulfide) groups is 1. The standard InChI is InChI=1S/C14H22BrNS/c1-2-17-8-4-6-13(11-16)9-12-5-3-7-14(15)10-12/h3,5,7,10,13H,2,4,6,8-9,11,16H2,1H3. The summed E-state index contributed by atoms with van der Waals surface area (Å²) in [5.41, 5.74) is 7.24. The molecule has 1 aromatic rings. The van der Waals surface area contributed by atoms with E-state index in [1.165, 1.54) is 29.9 Å². The van der Waals surface area contributed by atoms with Crippen LogP contribution in [-0.2, 0) is 6.42 Å². The van der Waals surface area contributed by atoms with Crippen LogP contribution >= 0.6 is 27.7 Å². The van der Waals surface area contributed by atoms with Gasteiger partial charge in [-0.3, -0.25) is 0 Å². The molecule has 1 rings (SSSR count). The highest BCUT2D eigenvalue weighted by atomic mass is 79.9. The highest BCUT2D eigenvalue weighted by molar-refractivity contribution is 9.10. The first-order valence-electron chi connectivity index (χ1n) is 6.28. The molecule has 0 spiro atoms. The van der Waals surface area contributed by atoms with E-state index in [9.17, 15) is 0 Å². The third-order valence-electron chi connectivity index (χ3n) is 2.85. The van der Waals surface area contributed by atoms with Crippen molar-refractivity contribution in [3.8, 4) is 0 Å². The van der Waals surface area contributed by atoms with Crippen LogP contribution in [0.1, 0.15) is 25.3 Å². The molecule has 3 heteroatoms. The molecular weight excluding hydrogens is 294 g/mol. The van der Waals surface area contributed by atoms with Gasteiger partial charge < -0.3 is 5.73 Å². The van der Waals surface area contributed by atoms with Crippen LogP contribution in [0.3, 0.4) is 0 Å². The summed E-state index contributed by atoms with van der Waals surface area (Å²) in [5, 5.41) is 0. The summed E-state index contributed by atoms with van der Waals surface area (Å²) in [4.78, 5) is 0. The fraction of sp³-hybridized carbons (Fsp3) is 0.571. The Morgan fingerprint density at radius 1 is 1.41 bits per heavy atom. The molecule has 17 heavy (non-hydrogen) atoms. The molecule has 0 aliphatic rings. The lowest BCUT2D eigenvalue weighted by Gasteiger charge is -2.14. The van der Waals surface area contributed by atoms with Crippen molar-refractivity contribution in [2.75, 3.05) is 18.1 Å². The second kappa shape index (κ2) is 9.01. The van der Waals surface area contributed by atoms with Gasteiger partial charge in [-0.1, -0.05) is 35.0 Å². The normalized spacial score (nSPS) is 12.6. The zero-order valence-corrected chi connectivity index (χ0v) is 12.9. The van der Waals surface area contributed by atoms with Crippen LogP contribution < -0.4 is 5.73 Å². The number of halogens is 1. The van der Waals surface area contributed by atoms with Crippen LogP contribution in [0.15, 0.2) is 28.7 Å². The van der Waals surface area contributed by atoms with Crippen molar-refractivity contribution in [1.82, 2.24) is 0 Å². The van der Waals surface area contributed by atoms with Crippen LogP contribution in [0, 0.1) is 5.92 Å². The van der Waals surface area contributed by atoms with Gasteiger partial charge in [0.05, 0.1) is 0 Å². The molecule has 1 unspecified atom stereocenters. The second-order valence-electron chi connectivity index (χ2n) is 4.27. The monoisotopic (exact) mass is 315 g/mol. The zero-order valence-electron chi connectivity index (χ0n) is 10.5. The van der Waals surface area contributed by atoms with Crippen LogP contribution in [-0.4, -0.2) is 18.1 Å². The molecule has 2 N–H and O–H groups in total. The lowest BCUT2D eigenvalue weighted by Crippen LogP contribution is -2.17.